The van der Waals surface area contributed by atoms with Crippen molar-refractivity contribution in [1.29, 1.82) is 0 Å². The molecule has 0 bridgehead atoms. The molecule has 2 aliphatic heterocycles. The first-order valence-electron chi connectivity index (χ1n) is 10.8. The first-order valence-corrected chi connectivity index (χ1v) is 12.0. The Morgan fingerprint density at radius 2 is 1.71 bits per heavy atom. The van der Waals surface area contributed by atoms with Gasteiger partial charge in [0.25, 0.3) is 0 Å². The quantitative estimate of drug-likeness (QED) is 0.806. The SMILES string of the molecule is O=C(NCC1(N2CCSCC2)CCCC1)N1CCC(c2ccc(O)cc2)CC1. The summed E-state index contributed by atoms with van der Waals surface area (Å²) in [5, 5.41) is 12.8. The summed E-state index contributed by atoms with van der Waals surface area (Å²) in [5.41, 5.74) is 1.46. The number of nitrogens with one attached hydrogen (secondary N) is 1. The zero-order chi connectivity index (χ0) is 19.4. The van der Waals surface area contributed by atoms with E-state index in [9.17, 15) is 9.90 Å². The second kappa shape index (κ2) is 8.95. The maximum Gasteiger partial charge on any atom is 0.317 e. The molecule has 2 heterocycles. The summed E-state index contributed by atoms with van der Waals surface area (Å²) in [7, 11) is 0. The molecule has 6 heteroatoms. The second-order valence-corrected chi connectivity index (χ2v) is 9.77. The Kier molecular flexibility index (Phi) is 6.36. The van der Waals surface area contributed by atoms with Crippen molar-refractivity contribution in [2.45, 2.75) is 50.0 Å². The van der Waals surface area contributed by atoms with Crippen molar-refractivity contribution in [2.24, 2.45) is 0 Å². The van der Waals surface area contributed by atoms with Gasteiger partial charge in [-0.1, -0.05) is 25.0 Å². The number of carbonyl (C=O) groups excluding carboxylic acids is 1. The minimum atomic E-state index is 0.113. The lowest BCUT2D eigenvalue weighted by atomic mass is 9.89. The highest BCUT2D eigenvalue weighted by molar-refractivity contribution is 7.99. The van der Waals surface area contributed by atoms with Gasteiger partial charge in [0.15, 0.2) is 0 Å². The number of thioether (sulfide) groups is 1. The van der Waals surface area contributed by atoms with Crippen LogP contribution in [0.15, 0.2) is 24.3 Å². The lowest BCUT2D eigenvalue weighted by Crippen LogP contribution is -2.58. The Balaban J connectivity index is 1.28. The van der Waals surface area contributed by atoms with Crippen LogP contribution in [0.1, 0.15) is 50.0 Å². The summed E-state index contributed by atoms with van der Waals surface area (Å²) in [5.74, 6) is 3.24. The van der Waals surface area contributed by atoms with E-state index in [-0.39, 0.29) is 11.6 Å². The molecule has 0 aromatic heterocycles. The second-order valence-electron chi connectivity index (χ2n) is 8.54. The third-order valence-corrected chi connectivity index (χ3v) is 7.87. The molecule has 0 unspecified atom stereocenters. The van der Waals surface area contributed by atoms with Gasteiger partial charge in [0.05, 0.1) is 0 Å². The highest BCUT2D eigenvalue weighted by Gasteiger charge is 2.40. The van der Waals surface area contributed by atoms with Crippen molar-refractivity contribution in [3.05, 3.63) is 29.8 Å². The van der Waals surface area contributed by atoms with Crippen molar-refractivity contribution in [2.75, 3.05) is 44.2 Å². The highest BCUT2D eigenvalue weighted by atomic mass is 32.2. The number of rotatable bonds is 4. The Labute approximate surface area is 172 Å². The monoisotopic (exact) mass is 403 g/mol. The average Bonchev–Trinajstić information content (AvgIpc) is 3.24. The molecule has 154 valence electrons. The first kappa shape index (κ1) is 19.9. The molecule has 4 rings (SSSR count). The number of nitrogens with zero attached hydrogens (tertiary/aromatic N) is 2. The third-order valence-electron chi connectivity index (χ3n) is 6.93. The summed E-state index contributed by atoms with van der Waals surface area (Å²) >= 11 is 2.05. The summed E-state index contributed by atoms with van der Waals surface area (Å²) < 4.78 is 0. The molecule has 0 atom stereocenters. The van der Waals surface area contributed by atoms with Gasteiger partial charge in [-0.3, -0.25) is 4.90 Å². The zero-order valence-electron chi connectivity index (χ0n) is 16.7. The zero-order valence-corrected chi connectivity index (χ0v) is 17.6. The van der Waals surface area contributed by atoms with E-state index in [1.807, 2.05) is 17.0 Å². The topological polar surface area (TPSA) is 55.8 Å². The molecule has 3 aliphatic rings. The number of phenols is 1. The van der Waals surface area contributed by atoms with Crippen molar-refractivity contribution in [3.63, 3.8) is 0 Å². The maximum absolute atomic E-state index is 12.8. The molecule has 28 heavy (non-hydrogen) atoms. The van der Waals surface area contributed by atoms with Gasteiger partial charge in [-0.15, -0.1) is 0 Å². The van der Waals surface area contributed by atoms with E-state index in [0.717, 1.165) is 32.5 Å². The van der Waals surface area contributed by atoms with Crippen LogP contribution in [0, 0.1) is 0 Å². The summed E-state index contributed by atoms with van der Waals surface area (Å²) in [6.45, 7) is 4.75. The van der Waals surface area contributed by atoms with E-state index in [1.54, 1.807) is 12.1 Å². The number of benzene rings is 1. The largest absolute Gasteiger partial charge is 0.508 e. The smallest absolute Gasteiger partial charge is 0.317 e. The van der Waals surface area contributed by atoms with Crippen LogP contribution in [0.3, 0.4) is 0 Å². The van der Waals surface area contributed by atoms with Crippen molar-refractivity contribution in [3.8, 4) is 5.75 Å². The molecular formula is C22H33N3O2S. The number of likely N-dealkylation sites (tertiary alicyclic amines) is 1. The van der Waals surface area contributed by atoms with Crippen LogP contribution in [-0.4, -0.2) is 70.7 Å². The van der Waals surface area contributed by atoms with E-state index in [1.165, 1.54) is 55.8 Å². The van der Waals surface area contributed by atoms with E-state index >= 15 is 0 Å². The average molecular weight is 404 g/mol. The Morgan fingerprint density at radius 3 is 2.36 bits per heavy atom. The van der Waals surface area contributed by atoms with E-state index < -0.39 is 0 Å². The predicted octanol–water partition coefficient (Wildman–Crippen LogP) is 3.64. The molecule has 1 aliphatic carbocycles. The molecule has 2 amide bonds. The van der Waals surface area contributed by atoms with Crippen LogP contribution >= 0.6 is 11.8 Å². The van der Waals surface area contributed by atoms with Crippen molar-refractivity contribution >= 4 is 17.8 Å². The lowest BCUT2D eigenvalue weighted by Gasteiger charge is -2.44. The Morgan fingerprint density at radius 1 is 1.07 bits per heavy atom. The minimum Gasteiger partial charge on any atom is -0.508 e. The van der Waals surface area contributed by atoms with Crippen LogP contribution in [0.25, 0.3) is 0 Å². The van der Waals surface area contributed by atoms with Gasteiger partial charge >= 0.3 is 6.03 Å². The third kappa shape index (κ3) is 4.43. The van der Waals surface area contributed by atoms with Gasteiger partial charge in [0, 0.05) is 49.8 Å². The normalized spacial score (nSPS) is 23.6. The van der Waals surface area contributed by atoms with Gasteiger partial charge in [-0.05, 0) is 49.3 Å². The number of hydrogen-bond acceptors (Lipinski definition) is 4. The summed E-state index contributed by atoms with van der Waals surface area (Å²) in [4.78, 5) is 17.5. The molecule has 5 nitrogen and oxygen atoms in total. The summed E-state index contributed by atoms with van der Waals surface area (Å²) in [6, 6.07) is 7.65. The lowest BCUT2D eigenvalue weighted by molar-refractivity contribution is 0.100. The minimum absolute atomic E-state index is 0.113. The fraction of sp³-hybridized carbons (Fsp3) is 0.682. The van der Waals surface area contributed by atoms with E-state index in [0.29, 0.717) is 11.7 Å². The molecule has 0 radical (unpaired) electrons. The van der Waals surface area contributed by atoms with Gasteiger partial charge in [-0.2, -0.15) is 11.8 Å². The number of carbonyl (C=O) groups is 1. The van der Waals surface area contributed by atoms with Gasteiger partial charge < -0.3 is 15.3 Å². The summed E-state index contributed by atoms with van der Waals surface area (Å²) in [6.07, 6.45) is 7.01. The molecule has 0 spiro atoms. The fourth-order valence-electron chi connectivity index (χ4n) is 5.19. The van der Waals surface area contributed by atoms with Gasteiger partial charge in [0.2, 0.25) is 0 Å². The van der Waals surface area contributed by atoms with E-state index in [2.05, 4.69) is 22.0 Å². The van der Waals surface area contributed by atoms with Crippen LogP contribution in [0.4, 0.5) is 4.79 Å². The number of hydrogen-bond donors (Lipinski definition) is 2. The van der Waals surface area contributed by atoms with Gasteiger partial charge in [-0.25, -0.2) is 4.79 Å². The number of aromatic hydroxyl groups is 1. The number of amides is 2. The number of piperidine rings is 1. The van der Waals surface area contributed by atoms with Crippen LogP contribution in [0.5, 0.6) is 5.75 Å². The molecule has 2 saturated heterocycles. The van der Waals surface area contributed by atoms with E-state index in [4.69, 9.17) is 0 Å². The Hall–Kier alpha value is -1.40. The predicted molar refractivity (Wildman–Crippen MR) is 115 cm³/mol. The molecule has 1 aromatic carbocycles. The van der Waals surface area contributed by atoms with Crippen molar-refractivity contribution in [1.82, 2.24) is 15.1 Å². The van der Waals surface area contributed by atoms with Crippen molar-refractivity contribution < 1.29 is 9.90 Å². The molecule has 1 saturated carbocycles. The van der Waals surface area contributed by atoms with Crippen LogP contribution in [0.2, 0.25) is 0 Å². The van der Waals surface area contributed by atoms with Crippen LogP contribution < -0.4 is 5.32 Å². The molecule has 3 fully saturated rings. The standard InChI is InChI=1S/C22H33N3O2S/c26-20-5-3-18(4-6-20)19-7-11-24(12-8-19)21(27)23-17-22(9-1-2-10-22)25-13-15-28-16-14-25/h3-6,19,26H,1-2,7-17H2,(H,23,27). The molecule has 2 N–H and O–H groups in total. The highest BCUT2D eigenvalue weighted by Crippen LogP contribution is 2.36. The Bertz CT molecular complexity index is 646. The fourth-order valence-corrected chi connectivity index (χ4v) is 6.09. The molecular weight excluding hydrogens is 370 g/mol. The van der Waals surface area contributed by atoms with Crippen LogP contribution in [-0.2, 0) is 0 Å². The molecule has 1 aromatic rings. The van der Waals surface area contributed by atoms with Gasteiger partial charge in [0.1, 0.15) is 5.75 Å². The maximum atomic E-state index is 12.8. The first-order chi connectivity index (χ1) is 13.7. The number of phenolic OH excluding ortho intramolecular Hbond substituents is 1. The number of urea groups is 1.